The van der Waals surface area contributed by atoms with Crippen molar-refractivity contribution in [2.75, 3.05) is 0 Å². The average molecular weight is 304 g/mol. The molecule has 2 aromatic carbocycles. The number of ether oxygens (including phenoxy) is 1. The van der Waals surface area contributed by atoms with Crippen LogP contribution in [0.25, 0.3) is 0 Å². The second-order valence-electron chi connectivity index (χ2n) is 3.59. The Morgan fingerprint density at radius 1 is 1.00 bits per heavy atom. The number of halogens is 3. The van der Waals surface area contributed by atoms with E-state index in [4.69, 9.17) is 39.5 Å². The van der Waals surface area contributed by atoms with Crippen molar-refractivity contribution in [2.45, 2.75) is 6.61 Å². The highest BCUT2D eigenvalue weighted by Crippen LogP contribution is 2.35. The van der Waals surface area contributed by atoms with E-state index in [1.54, 1.807) is 36.4 Å². The molecule has 5 heteroatoms. The lowest BCUT2D eigenvalue weighted by Gasteiger charge is -2.11. The molecule has 2 nitrogen and oxygen atoms in total. The fourth-order valence-corrected chi connectivity index (χ4v) is 2.24. The number of aliphatic hydroxyl groups excluding tert-OH is 1. The van der Waals surface area contributed by atoms with E-state index in [0.717, 1.165) is 0 Å². The Kier molecular flexibility index (Phi) is 4.36. The molecule has 0 aliphatic carbocycles. The third kappa shape index (κ3) is 3.09. The topological polar surface area (TPSA) is 29.5 Å². The van der Waals surface area contributed by atoms with Crippen molar-refractivity contribution in [3.8, 4) is 11.5 Å². The standard InChI is InChI=1S/C13H9Cl3O2/c14-9-4-10(15)6-11(5-9)18-13-8(7-17)2-1-3-12(13)16/h1-6,17H,7H2. The zero-order valence-electron chi connectivity index (χ0n) is 9.16. The number of benzene rings is 2. The lowest BCUT2D eigenvalue weighted by atomic mass is 10.2. The summed E-state index contributed by atoms with van der Waals surface area (Å²) in [6.07, 6.45) is 0. The molecule has 0 aliphatic rings. The number of rotatable bonds is 3. The first-order chi connectivity index (χ1) is 8.60. The van der Waals surface area contributed by atoms with Gasteiger partial charge in [-0.1, -0.05) is 46.9 Å². The predicted octanol–water partition coefficient (Wildman–Crippen LogP) is 4.93. The molecule has 0 heterocycles. The summed E-state index contributed by atoms with van der Waals surface area (Å²) in [5.74, 6) is 0.871. The monoisotopic (exact) mass is 302 g/mol. The number of hydrogen-bond acceptors (Lipinski definition) is 2. The summed E-state index contributed by atoms with van der Waals surface area (Å²) in [7, 11) is 0. The van der Waals surface area contributed by atoms with Crippen LogP contribution >= 0.6 is 34.8 Å². The third-order valence-electron chi connectivity index (χ3n) is 2.27. The second-order valence-corrected chi connectivity index (χ2v) is 4.87. The van der Waals surface area contributed by atoms with E-state index in [-0.39, 0.29) is 6.61 Å². The molecule has 0 radical (unpaired) electrons. The van der Waals surface area contributed by atoms with Gasteiger partial charge in [-0.25, -0.2) is 0 Å². The molecular formula is C13H9Cl3O2. The van der Waals surface area contributed by atoms with Gasteiger partial charge in [-0.15, -0.1) is 0 Å². The van der Waals surface area contributed by atoms with Crippen LogP contribution in [0.2, 0.25) is 15.1 Å². The fourth-order valence-electron chi connectivity index (χ4n) is 1.50. The molecule has 94 valence electrons. The fraction of sp³-hybridized carbons (Fsp3) is 0.0769. The normalized spacial score (nSPS) is 10.4. The van der Waals surface area contributed by atoms with Crippen LogP contribution < -0.4 is 4.74 Å². The Labute approximate surface area is 120 Å². The highest BCUT2D eigenvalue weighted by atomic mass is 35.5. The smallest absolute Gasteiger partial charge is 0.151 e. The van der Waals surface area contributed by atoms with E-state index in [2.05, 4.69) is 0 Å². The van der Waals surface area contributed by atoms with Gasteiger partial charge in [0.1, 0.15) is 5.75 Å². The van der Waals surface area contributed by atoms with Crippen molar-refractivity contribution in [2.24, 2.45) is 0 Å². The Morgan fingerprint density at radius 2 is 1.67 bits per heavy atom. The molecule has 0 spiro atoms. The van der Waals surface area contributed by atoms with Gasteiger partial charge in [0.05, 0.1) is 11.6 Å². The van der Waals surface area contributed by atoms with Gasteiger partial charge < -0.3 is 9.84 Å². The molecule has 0 aromatic heterocycles. The molecule has 0 amide bonds. The first-order valence-electron chi connectivity index (χ1n) is 5.12. The van der Waals surface area contributed by atoms with E-state index in [1.807, 2.05) is 0 Å². The first-order valence-corrected chi connectivity index (χ1v) is 6.25. The molecule has 0 atom stereocenters. The molecule has 0 saturated carbocycles. The Hall–Kier alpha value is -0.930. The van der Waals surface area contributed by atoms with Crippen LogP contribution in [0.15, 0.2) is 36.4 Å². The zero-order valence-corrected chi connectivity index (χ0v) is 11.4. The summed E-state index contributed by atoms with van der Waals surface area (Å²) in [6, 6.07) is 10.0. The lowest BCUT2D eigenvalue weighted by Crippen LogP contribution is -1.92. The highest BCUT2D eigenvalue weighted by molar-refractivity contribution is 6.34. The summed E-state index contributed by atoms with van der Waals surface area (Å²) in [5, 5.41) is 10.6. The Balaban J connectivity index is 2.39. The van der Waals surface area contributed by atoms with Crippen molar-refractivity contribution in [1.29, 1.82) is 0 Å². The van der Waals surface area contributed by atoms with Crippen LogP contribution in [0.3, 0.4) is 0 Å². The van der Waals surface area contributed by atoms with Crippen molar-refractivity contribution in [1.82, 2.24) is 0 Å². The molecule has 2 rings (SSSR count). The van der Waals surface area contributed by atoms with E-state index >= 15 is 0 Å². The molecular weight excluding hydrogens is 294 g/mol. The van der Waals surface area contributed by atoms with Gasteiger partial charge in [-0.2, -0.15) is 0 Å². The van der Waals surface area contributed by atoms with Gasteiger partial charge in [0.2, 0.25) is 0 Å². The van der Waals surface area contributed by atoms with Gasteiger partial charge in [0.15, 0.2) is 5.75 Å². The van der Waals surface area contributed by atoms with Crippen LogP contribution in [0.4, 0.5) is 0 Å². The molecule has 0 fully saturated rings. The molecule has 1 N–H and O–H groups in total. The van der Waals surface area contributed by atoms with Gasteiger partial charge in [-0.3, -0.25) is 0 Å². The molecule has 0 saturated heterocycles. The summed E-state index contributed by atoms with van der Waals surface area (Å²) < 4.78 is 5.63. The molecule has 0 bridgehead atoms. The van der Waals surface area contributed by atoms with Crippen LogP contribution in [0, 0.1) is 0 Å². The summed E-state index contributed by atoms with van der Waals surface area (Å²) in [4.78, 5) is 0. The van der Waals surface area contributed by atoms with Crippen molar-refractivity contribution in [3.63, 3.8) is 0 Å². The Bertz CT molecular complexity index is 550. The van der Waals surface area contributed by atoms with Crippen molar-refractivity contribution >= 4 is 34.8 Å². The third-order valence-corrected chi connectivity index (χ3v) is 3.01. The Morgan fingerprint density at radius 3 is 2.28 bits per heavy atom. The van der Waals surface area contributed by atoms with Crippen molar-refractivity contribution in [3.05, 3.63) is 57.0 Å². The summed E-state index contributed by atoms with van der Waals surface area (Å²) in [6.45, 7) is -0.163. The van der Waals surface area contributed by atoms with Gasteiger partial charge >= 0.3 is 0 Å². The van der Waals surface area contributed by atoms with Crippen LogP contribution in [0.5, 0.6) is 11.5 Å². The van der Waals surface area contributed by atoms with Gasteiger partial charge in [0, 0.05) is 15.6 Å². The maximum absolute atomic E-state index is 9.24. The maximum atomic E-state index is 9.24. The lowest BCUT2D eigenvalue weighted by molar-refractivity contribution is 0.276. The van der Waals surface area contributed by atoms with E-state index in [9.17, 15) is 5.11 Å². The maximum Gasteiger partial charge on any atom is 0.151 e. The minimum absolute atomic E-state index is 0.163. The van der Waals surface area contributed by atoms with Gasteiger partial charge in [0.25, 0.3) is 0 Å². The van der Waals surface area contributed by atoms with E-state index in [1.165, 1.54) is 0 Å². The quantitative estimate of drug-likeness (QED) is 0.871. The second kappa shape index (κ2) is 5.81. The molecule has 2 aromatic rings. The molecule has 18 heavy (non-hydrogen) atoms. The van der Waals surface area contributed by atoms with Gasteiger partial charge in [-0.05, 0) is 24.3 Å². The first kappa shape index (κ1) is 13.5. The largest absolute Gasteiger partial charge is 0.455 e. The highest BCUT2D eigenvalue weighted by Gasteiger charge is 2.09. The van der Waals surface area contributed by atoms with Crippen LogP contribution in [-0.4, -0.2) is 5.11 Å². The number of hydrogen-bond donors (Lipinski definition) is 1. The van der Waals surface area contributed by atoms with E-state index in [0.29, 0.717) is 32.1 Å². The van der Waals surface area contributed by atoms with E-state index < -0.39 is 0 Å². The van der Waals surface area contributed by atoms with Crippen LogP contribution in [0.1, 0.15) is 5.56 Å². The van der Waals surface area contributed by atoms with Crippen LogP contribution in [-0.2, 0) is 6.61 Å². The number of para-hydroxylation sites is 1. The molecule has 0 aliphatic heterocycles. The average Bonchev–Trinajstić information content (AvgIpc) is 2.30. The zero-order chi connectivity index (χ0) is 13.1. The minimum Gasteiger partial charge on any atom is -0.455 e. The predicted molar refractivity (Wildman–Crippen MR) is 73.9 cm³/mol. The minimum atomic E-state index is -0.163. The number of aliphatic hydroxyl groups is 1. The SMILES string of the molecule is OCc1cccc(Cl)c1Oc1cc(Cl)cc(Cl)c1. The summed E-state index contributed by atoms with van der Waals surface area (Å²) in [5.41, 5.74) is 0.596. The summed E-state index contributed by atoms with van der Waals surface area (Å²) >= 11 is 17.8. The molecule has 0 unspecified atom stereocenters. The van der Waals surface area contributed by atoms with Crippen molar-refractivity contribution < 1.29 is 9.84 Å².